The second kappa shape index (κ2) is 6.82. The van der Waals surface area contributed by atoms with Crippen molar-refractivity contribution in [2.24, 2.45) is 11.7 Å². The number of nitrogens with zero attached hydrogens (tertiary/aromatic N) is 4. The van der Waals surface area contributed by atoms with Gasteiger partial charge in [-0.25, -0.2) is 0 Å². The van der Waals surface area contributed by atoms with E-state index in [0.29, 0.717) is 6.54 Å². The zero-order valence-corrected chi connectivity index (χ0v) is 11.1. The predicted octanol–water partition coefficient (Wildman–Crippen LogP) is 0.0952. The third-order valence-corrected chi connectivity index (χ3v) is 3.55. The number of methoxy groups -OCH3 is 1. The minimum absolute atomic E-state index is 0.461. The van der Waals surface area contributed by atoms with Gasteiger partial charge >= 0.3 is 0 Å². The highest BCUT2D eigenvalue weighted by Crippen LogP contribution is 2.16. The fraction of sp³-hybridized carbons (Fsp3) is 0.833. The van der Waals surface area contributed by atoms with Gasteiger partial charge in [-0.2, -0.15) is 0 Å². The number of piperidine rings is 1. The number of rotatable bonds is 6. The minimum Gasteiger partial charge on any atom is -0.384 e. The maximum atomic E-state index is 5.51. The molecule has 0 saturated carbocycles. The van der Waals surface area contributed by atoms with Crippen molar-refractivity contribution < 1.29 is 4.74 Å². The second-order valence-electron chi connectivity index (χ2n) is 4.92. The van der Waals surface area contributed by atoms with Gasteiger partial charge in [0.1, 0.15) is 0 Å². The number of hydrogen-bond acceptors (Lipinski definition) is 5. The van der Waals surface area contributed by atoms with E-state index in [1.54, 1.807) is 7.11 Å². The Bertz CT molecular complexity index is 346. The molecule has 1 aromatic rings. The largest absolute Gasteiger partial charge is 0.384 e. The number of likely N-dealkylation sites (tertiary alicyclic amines) is 1. The predicted molar refractivity (Wildman–Crippen MR) is 69.0 cm³/mol. The van der Waals surface area contributed by atoms with Crippen molar-refractivity contribution in [3.63, 3.8) is 0 Å². The first kappa shape index (κ1) is 13.5. The van der Waals surface area contributed by atoms with Crippen LogP contribution in [0.5, 0.6) is 0 Å². The molecule has 2 N–H and O–H groups in total. The lowest BCUT2D eigenvalue weighted by Gasteiger charge is -2.31. The first-order chi connectivity index (χ1) is 8.81. The summed E-state index contributed by atoms with van der Waals surface area (Å²) in [7, 11) is 1.78. The van der Waals surface area contributed by atoms with Crippen molar-refractivity contribution in [2.75, 3.05) is 33.4 Å². The summed E-state index contributed by atoms with van der Waals surface area (Å²) in [6.45, 7) is 5.60. The lowest BCUT2D eigenvalue weighted by Crippen LogP contribution is -2.37. The van der Waals surface area contributed by atoms with Crippen molar-refractivity contribution in [3.8, 4) is 0 Å². The van der Waals surface area contributed by atoms with Crippen LogP contribution < -0.4 is 5.73 Å². The lowest BCUT2D eigenvalue weighted by atomic mass is 9.98. The van der Waals surface area contributed by atoms with E-state index in [2.05, 4.69) is 15.2 Å². The summed E-state index contributed by atoms with van der Waals surface area (Å²) in [5.74, 6) is 0.737. The number of ether oxygens (including phenoxy) is 1. The Kier molecular flexibility index (Phi) is 5.10. The van der Waals surface area contributed by atoms with Crippen LogP contribution in [0.25, 0.3) is 0 Å². The van der Waals surface area contributed by atoms with Crippen LogP contribution in [0.1, 0.15) is 18.5 Å². The smallest absolute Gasteiger partial charge is 0.0962 e. The molecule has 1 aromatic heterocycles. The van der Waals surface area contributed by atoms with E-state index < -0.39 is 0 Å². The number of hydrogen-bond donors (Lipinski definition) is 1. The van der Waals surface area contributed by atoms with Crippen LogP contribution in [0, 0.1) is 5.92 Å². The molecule has 1 fully saturated rings. The van der Waals surface area contributed by atoms with E-state index in [-0.39, 0.29) is 0 Å². The van der Waals surface area contributed by atoms with Gasteiger partial charge in [0.15, 0.2) is 0 Å². The van der Waals surface area contributed by atoms with Crippen molar-refractivity contribution in [2.45, 2.75) is 25.9 Å². The SMILES string of the molecule is COCC1CCN(CCn2cc(CN)nn2)CC1. The van der Waals surface area contributed by atoms with Gasteiger partial charge < -0.3 is 15.4 Å². The van der Waals surface area contributed by atoms with Gasteiger partial charge in [-0.1, -0.05) is 5.21 Å². The van der Waals surface area contributed by atoms with Crippen LogP contribution in [0.3, 0.4) is 0 Å². The molecule has 0 aromatic carbocycles. The highest BCUT2D eigenvalue weighted by atomic mass is 16.5. The first-order valence-electron chi connectivity index (χ1n) is 6.62. The summed E-state index contributed by atoms with van der Waals surface area (Å²) in [4.78, 5) is 2.48. The van der Waals surface area contributed by atoms with Crippen molar-refractivity contribution >= 4 is 0 Å². The zero-order chi connectivity index (χ0) is 12.8. The molecule has 0 unspecified atom stereocenters. The third-order valence-electron chi connectivity index (χ3n) is 3.55. The highest BCUT2D eigenvalue weighted by Gasteiger charge is 2.18. The fourth-order valence-corrected chi connectivity index (χ4v) is 2.40. The second-order valence-corrected chi connectivity index (χ2v) is 4.92. The quantitative estimate of drug-likeness (QED) is 0.778. The van der Waals surface area contributed by atoms with Crippen LogP contribution in [-0.2, 0) is 17.8 Å². The lowest BCUT2D eigenvalue weighted by molar-refractivity contribution is 0.0976. The molecule has 0 bridgehead atoms. The average molecular weight is 253 g/mol. The van der Waals surface area contributed by atoms with Crippen LogP contribution in [0.15, 0.2) is 6.20 Å². The monoisotopic (exact) mass is 253 g/mol. The van der Waals surface area contributed by atoms with Crippen LogP contribution in [0.2, 0.25) is 0 Å². The Morgan fingerprint density at radius 3 is 2.78 bits per heavy atom. The Morgan fingerprint density at radius 1 is 1.39 bits per heavy atom. The van der Waals surface area contributed by atoms with Gasteiger partial charge in [-0.3, -0.25) is 4.68 Å². The maximum absolute atomic E-state index is 5.51. The van der Waals surface area contributed by atoms with E-state index in [1.165, 1.54) is 12.8 Å². The Morgan fingerprint density at radius 2 is 2.17 bits per heavy atom. The molecule has 0 amide bonds. The Labute approximate surface area is 108 Å². The molecule has 6 heteroatoms. The topological polar surface area (TPSA) is 69.2 Å². The van der Waals surface area contributed by atoms with E-state index in [9.17, 15) is 0 Å². The molecule has 102 valence electrons. The molecular formula is C12H23N5O. The van der Waals surface area contributed by atoms with E-state index in [0.717, 1.165) is 44.4 Å². The van der Waals surface area contributed by atoms with E-state index in [4.69, 9.17) is 10.5 Å². The van der Waals surface area contributed by atoms with Crippen molar-refractivity contribution in [1.29, 1.82) is 0 Å². The zero-order valence-electron chi connectivity index (χ0n) is 11.1. The molecule has 2 heterocycles. The Balaban J connectivity index is 1.68. The van der Waals surface area contributed by atoms with Crippen molar-refractivity contribution in [1.82, 2.24) is 19.9 Å². The number of aromatic nitrogens is 3. The molecule has 1 aliphatic heterocycles. The molecule has 6 nitrogen and oxygen atoms in total. The van der Waals surface area contributed by atoms with E-state index >= 15 is 0 Å². The first-order valence-corrected chi connectivity index (χ1v) is 6.62. The molecule has 18 heavy (non-hydrogen) atoms. The Hall–Kier alpha value is -0.980. The molecule has 0 spiro atoms. The minimum atomic E-state index is 0.461. The molecule has 2 rings (SSSR count). The molecule has 0 aliphatic carbocycles. The highest BCUT2D eigenvalue weighted by molar-refractivity contribution is 4.90. The summed E-state index contributed by atoms with van der Waals surface area (Å²) in [6.07, 6.45) is 4.40. The van der Waals surface area contributed by atoms with Crippen LogP contribution >= 0.6 is 0 Å². The molecule has 0 radical (unpaired) electrons. The third kappa shape index (κ3) is 3.76. The van der Waals surface area contributed by atoms with Crippen LogP contribution in [0.4, 0.5) is 0 Å². The number of nitrogens with two attached hydrogens (primary N) is 1. The summed E-state index contributed by atoms with van der Waals surface area (Å²) in [5.41, 5.74) is 6.36. The summed E-state index contributed by atoms with van der Waals surface area (Å²) in [5, 5.41) is 8.04. The van der Waals surface area contributed by atoms with Crippen LogP contribution in [-0.4, -0.2) is 53.2 Å². The fourth-order valence-electron chi connectivity index (χ4n) is 2.40. The molecular weight excluding hydrogens is 230 g/mol. The standard InChI is InChI=1S/C12H23N5O/c1-18-10-11-2-4-16(5-3-11)6-7-17-9-12(8-13)14-15-17/h9,11H,2-8,10,13H2,1H3. The van der Waals surface area contributed by atoms with Gasteiger partial charge in [0.05, 0.1) is 12.2 Å². The summed E-state index contributed by atoms with van der Waals surface area (Å²) < 4.78 is 7.09. The van der Waals surface area contributed by atoms with Gasteiger partial charge in [-0.05, 0) is 31.8 Å². The summed E-state index contributed by atoms with van der Waals surface area (Å²) >= 11 is 0. The normalized spacial score (nSPS) is 18.3. The van der Waals surface area contributed by atoms with Gasteiger partial charge in [0, 0.05) is 33.0 Å². The van der Waals surface area contributed by atoms with E-state index in [1.807, 2.05) is 10.9 Å². The van der Waals surface area contributed by atoms with Gasteiger partial charge in [-0.15, -0.1) is 5.10 Å². The maximum Gasteiger partial charge on any atom is 0.0962 e. The molecule has 1 aliphatic rings. The van der Waals surface area contributed by atoms with Gasteiger partial charge in [0.25, 0.3) is 0 Å². The molecule has 1 saturated heterocycles. The van der Waals surface area contributed by atoms with Crippen molar-refractivity contribution in [3.05, 3.63) is 11.9 Å². The summed E-state index contributed by atoms with van der Waals surface area (Å²) in [6, 6.07) is 0. The van der Waals surface area contributed by atoms with Gasteiger partial charge in [0.2, 0.25) is 0 Å². The average Bonchev–Trinajstić information content (AvgIpc) is 2.86. The molecule has 0 atom stereocenters.